The summed E-state index contributed by atoms with van der Waals surface area (Å²) in [6.45, 7) is 1.95. The van der Waals surface area contributed by atoms with Crippen LogP contribution in [0.1, 0.15) is 22.8 Å². The molecule has 0 radical (unpaired) electrons. The van der Waals surface area contributed by atoms with Gasteiger partial charge < -0.3 is 15.9 Å². The molecule has 4 N–H and O–H groups in total. The fraction of sp³-hybridized carbons (Fsp3) is 0.143. The molecule has 0 aliphatic heterocycles. The molecule has 0 saturated carbocycles. The number of aliphatic hydroxyl groups is 1. The van der Waals surface area contributed by atoms with Crippen LogP contribution in [0, 0.1) is 6.92 Å². The molecule has 0 fully saturated rings. The number of hydrogen-bond donors (Lipinski definition) is 3. The third kappa shape index (κ3) is 2.40. The lowest BCUT2D eigenvalue weighted by Gasteiger charge is -2.14. The molecule has 0 aliphatic rings. The third-order valence-electron chi connectivity index (χ3n) is 2.72. The average molecular weight is 229 g/mol. The Labute approximate surface area is 100 Å². The summed E-state index contributed by atoms with van der Waals surface area (Å²) < 4.78 is 0. The molecule has 0 amide bonds. The van der Waals surface area contributed by atoms with E-state index in [4.69, 9.17) is 5.73 Å². The molecule has 3 nitrogen and oxygen atoms in total. The van der Waals surface area contributed by atoms with Crippen LogP contribution in [0.4, 0.5) is 5.69 Å². The maximum absolute atomic E-state index is 10.2. The van der Waals surface area contributed by atoms with Crippen LogP contribution in [0.2, 0.25) is 0 Å². The van der Waals surface area contributed by atoms with Gasteiger partial charge in [-0.15, -0.1) is 0 Å². The molecule has 3 heteroatoms. The topological polar surface area (TPSA) is 66.5 Å². The standard InChI is InChI=1S/C14H15NO2/c1-9-5-6-12(13(15)7-9)14(17)10-3-2-4-11(16)8-10/h2-8,14,16-17H,15H2,1H3. The van der Waals surface area contributed by atoms with E-state index < -0.39 is 6.10 Å². The van der Waals surface area contributed by atoms with E-state index in [1.165, 1.54) is 6.07 Å². The predicted octanol–water partition coefficient (Wildman–Crippen LogP) is 2.36. The highest BCUT2D eigenvalue weighted by molar-refractivity contribution is 5.52. The van der Waals surface area contributed by atoms with E-state index in [1.54, 1.807) is 24.3 Å². The zero-order valence-electron chi connectivity index (χ0n) is 9.59. The van der Waals surface area contributed by atoms with Crippen LogP contribution in [0.15, 0.2) is 42.5 Å². The minimum atomic E-state index is -0.817. The fourth-order valence-corrected chi connectivity index (χ4v) is 1.82. The molecule has 17 heavy (non-hydrogen) atoms. The van der Waals surface area contributed by atoms with Gasteiger partial charge >= 0.3 is 0 Å². The zero-order chi connectivity index (χ0) is 12.4. The smallest absolute Gasteiger partial charge is 0.115 e. The Kier molecular flexibility index (Phi) is 3.02. The van der Waals surface area contributed by atoms with E-state index in [1.807, 2.05) is 19.1 Å². The van der Waals surface area contributed by atoms with Crippen molar-refractivity contribution in [2.75, 3.05) is 5.73 Å². The largest absolute Gasteiger partial charge is 0.508 e. The summed E-state index contributed by atoms with van der Waals surface area (Å²) in [6, 6.07) is 12.1. The average Bonchev–Trinajstić information content (AvgIpc) is 2.28. The molecule has 1 unspecified atom stereocenters. The first kappa shape index (κ1) is 11.5. The number of anilines is 1. The molecule has 88 valence electrons. The Morgan fingerprint density at radius 1 is 1.12 bits per heavy atom. The second-order valence-corrected chi connectivity index (χ2v) is 4.13. The Balaban J connectivity index is 2.40. The normalized spacial score (nSPS) is 12.4. The molecular formula is C14H15NO2. The SMILES string of the molecule is Cc1ccc(C(O)c2cccc(O)c2)c(N)c1. The van der Waals surface area contributed by atoms with Crippen molar-refractivity contribution in [3.63, 3.8) is 0 Å². The molecule has 2 rings (SSSR count). The highest BCUT2D eigenvalue weighted by Gasteiger charge is 2.13. The fourth-order valence-electron chi connectivity index (χ4n) is 1.82. The van der Waals surface area contributed by atoms with Crippen LogP contribution in [-0.2, 0) is 0 Å². The van der Waals surface area contributed by atoms with Gasteiger partial charge in [0, 0.05) is 11.3 Å². The van der Waals surface area contributed by atoms with Crippen molar-refractivity contribution in [2.45, 2.75) is 13.0 Å². The number of phenols is 1. The van der Waals surface area contributed by atoms with Crippen molar-refractivity contribution in [3.8, 4) is 5.75 Å². The number of benzene rings is 2. The first-order chi connectivity index (χ1) is 8.08. The van der Waals surface area contributed by atoms with Gasteiger partial charge in [-0.2, -0.15) is 0 Å². The summed E-state index contributed by atoms with van der Waals surface area (Å²) in [7, 11) is 0. The van der Waals surface area contributed by atoms with Gasteiger partial charge in [-0.25, -0.2) is 0 Å². The maximum atomic E-state index is 10.2. The highest BCUT2D eigenvalue weighted by atomic mass is 16.3. The molecule has 0 aliphatic carbocycles. The molecule has 0 bridgehead atoms. The molecule has 1 atom stereocenters. The van der Waals surface area contributed by atoms with Gasteiger partial charge in [0.2, 0.25) is 0 Å². The summed E-state index contributed by atoms with van der Waals surface area (Å²) in [5, 5.41) is 19.6. The van der Waals surface area contributed by atoms with Crippen molar-refractivity contribution in [1.82, 2.24) is 0 Å². The quantitative estimate of drug-likeness (QED) is 0.692. The summed E-state index contributed by atoms with van der Waals surface area (Å²) in [5.41, 5.74) is 8.76. The summed E-state index contributed by atoms with van der Waals surface area (Å²) in [5.74, 6) is 0.132. The van der Waals surface area contributed by atoms with Gasteiger partial charge in [0.1, 0.15) is 11.9 Å². The number of aryl methyl sites for hydroxylation is 1. The second kappa shape index (κ2) is 4.47. The predicted molar refractivity (Wildman–Crippen MR) is 67.8 cm³/mol. The van der Waals surface area contributed by atoms with Gasteiger partial charge in [-0.1, -0.05) is 24.3 Å². The van der Waals surface area contributed by atoms with E-state index in [0.717, 1.165) is 5.56 Å². The first-order valence-electron chi connectivity index (χ1n) is 5.41. The number of nitrogen functional groups attached to an aromatic ring is 1. The zero-order valence-corrected chi connectivity index (χ0v) is 9.59. The minimum Gasteiger partial charge on any atom is -0.508 e. The van der Waals surface area contributed by atoms with Crippen LogP contribution in [0.25, 0.3) is 0 Å². The van der Waals surface area contributed by atoms with Crippen LogP contribution in [0.5, 0.6) is 5.75 Å². The lowest BCUT2D eigenvalue weighted by Crippen LogP contribution is -2.03. The van der Waals surface area contributed by atoms with Crippen molar-refractivity contribution in [2.24, 2.45) is 0 Å². The van der Waals surface area contributed by atoms with Gasteiger partial charge in [0.15, 0.2) is 0 Å². The maximum Gasteiger partial charge on any atom is 0.115 e. The Morgan fingerprint density at radius 3 is 2.53 bits per heavy atom. The molecule has 0 spiro atoms. The highest BCUT2D eigenvalue weighted by Crippen LogP contribution is 2.28. The van der Waals surface area contributed by atoms with E-state index in [2.05, 4.69) is 0 Å². The van der Waals surface area contributed by atoms with E-state index >= 15 is 0 Å². The monoisotopic (exact) mass is 229 g/mol. The van der Waals surface area contributed by atoms with E-state index in [0.29, 0.717) is 16.8 Å². The third-order valence-corrected chi connectivity index (χ3v) is 2.72. The number of rotatable bonds is 2. The van der Waals surface area contributed by atoms with E-state index in [9.17, 15) is 10.2 Å². The van der Waals surface area contributed by atoms with Gasteiger partial charge in [0.25, 0.3) is 0 Å². The summed E-state index contributed by atoms with van der Waals surface area (Å²) in [6.07, 6.45) is -0.817. The molecule has 2 aromatic rings. The number of hydrogen-bond acceptors (Lipinski definition) is 3. The molecular weight excluding hydrogens is 214 g/mol. The van der Waals surface area contributed by atoms with Crippen molar-refractivity contribution >= 4 is 5.69 Å². The number of aliphatic hydroxyl groups excluding tert-OH is 1. The van der Waals surface area contributed by atoms with Crippen molar-refractivity contribution in [3.05, 3.63) is 59.2 Å². The number of phenolic OH excluding ortho intramolecular Hbond substituents is 1. The van der Waals surface area contributed by atoms with Crippen molar-refractivity contribution < 1.29 is 10.2 Å². The molecule has 2 aromatic carbocycles. The van der Waals surface area contributed by atoms with Crippen LogP contribution < -0.4 is 5.73 Å². The summed E-state index contributed by atoms with van der Waals surface area (Å²) in [4.78, 5) is 0. The van der Waals surface area contributed by atoms with Crippen LogP contribution in [0.3, 0.4) is 0 Å². The molecule has 0 aromatic heterocycles. The van der Waals surface area contributed by atoms with Gasteiger partial charge in [0.05, 0.1) is 0 Å². The summed E-state index contributed by atoms with van der Waals surface area (Å²) >= 11 is 0. The molecule has 0 heterocycles. The Morgan fingerprint density at radius 2 is 1.88 bits per heavy atom. The first-order valence-corrected chi connectivity index (χ1v) is 5.41. The van der Waals surface area contributed by atoms with Crippen molar-refractivity contribution in [1.29, 1.82) is 0 Å². The van der Waals surface area contributed by atoms with Gasteiger partial charge in [-0.05, 0) is 36.2 Å². The van der Waals surface area contributed by atoms with Crippen LogP contribution >= 0.6 is 0 Å². The minimum absolute atomic E-state index is 0.132. The lowest BCUT2D eigenvalue weighted by atomic mass is 9.99. The Bertz CT molecular complexity index is 537. The lowest BCUT2D eigenvalue weighted by molar-refractivity contribution is 0.220. The number of nitrogens with two attached hydrogens (primary N) is 1. The Hall–Kier alpha value is -2.00. The molecule has 0 saturated heterocycles. The van der Waals surface area contributed by atoms with Crippen LogP contribution in [-0.4, -0.2) is 10.2 Å². The second-order valence-electron chi connectivity index (χ2n) is 4.13. The van der Waals surface area contributed by atoms with E-state index in [-0.39, 0.29) is 5.75 Å². The number of aromatic hydroxyl groups is 1. The van der Waals surface area contributed by atoms with Gasteiger partial charge in [-0.3, -0.25) is 0 Å².